The summed E-state index contributed by atoms with van der Waals surface area (Å²) in [5.41, 5.74) is 0.845. The van der Waals surface area contributed by atoms with Crippen LogP contribution >= 0.6 is 23.2 Å². The smallest absolute Gasteiger partial charge is 0.326 e. The molecule has 0 spiro atoms. The van der Waals surface area contributed by atoms with E-state index in [0.717, 1.165) is 10.5 Å². The van der Waals surface area contributed by atoms with E-state index in [9.17, 15) is 24.6 Å². The van der Waals surface area contributed by atoms with Crippen LogP contribution in [0.5, 0.6) is 0 Å². The van der Waals surface area contributed by atoms with E-state index in [1.54, 1.807) is 26.0 Å². The largest absolute Gasteiger partial charge is 0.503 e. The standard InChI is InChI=1S/C19H22Cl2N2O5/c1-3-15(19(27)28)23-9-12(16(24)18(23)26)17(25)22-10(2)4-5-11-6-7-13(20)14(21)8-11/h6-8,10,15,24H,3-5,9H2,1-2H3,(H,22,25)(H,27,28). The average Bonchev–Trinajstić information content (AvgIpc) is 2.92. The number of aliphatic carboxylic acids is 1. The molecule has 0 radical (unpaired) electrons. The van der Waals surface area contributed by atoms with Crippen molar-refractivity contribution in [2.24, 2.45) is 0 Å². The van der Waals surface area contributed by atoms with Crippen molar-refractivity contribution < 1.29 is 24.6 Å². The molecule has 152 valence electrons. The average molecular weight is 429 g/mol. The molecule has 0 aliphatic carbocycles. The van der Waals surface area contributed by atoms with Crippen LogP contribution in [0, 0.1) is 0 Å². The molecule has 0 saturated carbocycles. The third kappa shape index (κ3) is 4.97. The van der Waals surface area contributed by atoms with Crippen molar-refractivity contribution in [1.29, 1.82) is 0 Å². The van der Waals surface area contributed by atoms with Crippen molar-refractivity contribution in [2.75, 3.05) is 6.54 Å². The van der Waals surface area contributed by atoms with Gasteiger partial charge in [0.1, 0.15) is 6.04 Å². The molecule has 28 heavy (non-hydrogen) atoms. The maximum atomic E-state index is 12.5. The molecule has 7 nitrogen and oxygen atoms in total. The van der Waals surface area contributed by atoms with E-state index in [0.29, 0.717) is 22.9 Å². The molecule has 0 bridgehead atoms. The number of aryl methyl sites for hydroxylation is 1. The van der Waals surface area contributed by atoms with Gasteiger partial charge in [-0.25, -0.2) is 4.79 Å². The number of halogens is 2. The quantitative estimate of drug-likeness (QED) is 0.589. The van der Waals surface area contributed by atoms with Crippen LogP contribution in [0.25, 0.3) is 0 Å². The molecule has 1 heterocycles. The Morgan fingerprint density at radius 1 is 1.29 bits per heavy atom. The highest BCUT2D eigenvalue weighted by Gasteiger charge is 2.39. The third-order valence-electron chi connectivity index (χ3n) is 4.63. The van der Waals surface area contributed by atoms with Crippen molar-refractivity contribution in [1.82, 2.24) is 10.2 Å². The normalized spacial score (nSPS) is 16.3. The van der Waals surface area contributed by atoms with Crippen molar-refractivity contribution in [3.05, 3.63) is 45.1 Å². The zero-order chi connectivity index (χ0) is 21.0. The van der Waals surface area contributed by atoms with Gasteiger partial charge in [0.15, 0.2) is 5.76 Å². The number of amides is 2. The Labute approximate surface area is 172 Å². The second-order valence-electron chi connectivity index (χ2n) is 6.68. The first-order valence-electron chi connectivity index (χ1n) is 8.86. The summed E-state index contributed by atoms with van der Waals surface area (Å²) in [6, 6.07) is 3.98. The number of carboxylic acids is 1. The zero-order valence-corrected chi connectivity index (χ0v) is 17.0. The van der Waals surface area contributed by atoms with Crippen LogP contribution in [-0.4, -0.2) is 51.5 Å². The number of nitrogens with zero attached hydrogens (tertiary/aromatic N) is 1. The molecule has 2 rings (SSSR count). The molecule has 1 aromatic rings. The fourth-order valence-electron chi connectivity index (χ4n) is 3.00. The molecule has 2 unspecified atom stereocenters. The molecule has 3 N–H and O–H groups in total. The summed E-state index contributed by atoms with van der Waals surface area (Å²) in [7, 11) is 0. The Hall–Kier alpha value is -2.25. The molecule has 1 aliphatic rings. The SMILES string of the molecule is CCC(C(=O)O)N1CC(C(=O)NC(C)CCc2ccc(Cl)c(Cl)c2)=C(O)C1=O. The summed E-state index contributed by atoms with van der Waals surface area (Å²) >= 11 is 11.9. The number of benzene rings is 1. The van der Waals surface area contributed by atoms with E-state index in [1.807, 2.05) is 6.07 Å². The van der Waals surface area contributed by atoms with Gasteiger partial charge in [0.25, 0.3) is 11.8 Å². The fourth-order valence-corrected chi connectivity index (χ4v) is 3.32. The zero-order valence-electron chi connectivity index (χ0n) is 15.5. The minimum absolute atomic E-state index is 0.119. The molecule has 0 saturated heterocycles. The van der Waals surface area contributed by atoms with Gasteiger partial charge in [-0.2, -0.15) is 0 Å². The number of carboxylic acid groups (broad SMARTS) is 1. The van der Waals surface area contributed by atoms with Crippen LogP contribution in [0.3, 0.4) is 0 Å². The van der Waals surface area contributed by atoms with Crippen molar-refractivity contribution in [2.45, 2.75) is 45.2 Å². The summed E-state index contributed by atoms with van der Waals surface area (Å²) in [4.78, 5) is 36.9. The van der Waals surface area contributed by atoms with Gasteiger partial charge in [0.05, 0.1) is 22.2 Å². The predicted octanol–water partition coefficient (Wildman–Crippen LogP) is 2.95. The van der Waals surface area contributed by atoms with Crippen LogP contribution in [0.15, 0.2) is 29.5 Å². The maximum absolute atomic E-state index is 12.5. The molecule has 0 fully saturated rings. The lowest BCUT2D eigenvalue weighted by atomic mass is 10.1. The molecule has 9 heteroatoms. The lowest BCUT2D eigenvalue weighted by molar-refractivity contribution is -0.148. The van der Waals surface area contributed by atoms with Crippen LogP contribution in [0.1, 0.15) is 32.3 Å². The third-order valence-corrected chi connectivity index (χ3v) is 5.37. The first-order valence-corrected chi connectivity index (χ1v) is 9.61. The summed E-state index contributed by atoms with van der Waals surface area (Å²) < 4.78 is 0. The summed E-state index contributed by atoms with van der Waals surface area (Å²) in [6.45, 7) is 3.18. The molecule has 2 amide bonds. The van der Waals surface area contributed by atoms with E-state index < -0.39 is 29.6 Å². The highest BCUT2D eigenvalue weighted by molar-refractivity contribution is 6.42. The van der Waals surface area contributed by atoms with Crippen LogP contribution in [0.4, 0.5) is 0 Å². The predicted molar refractivity (Wildman–Crippen MR) is 105 cm³/mol. The topological polar surface area (TPSA) is 107 Å². The monoisotopic (exact) mass is 428 g/mol. The lowest BCUT2D eigenvalue weighted by Gasteiger charge is -2.23. The van der Waals surface area contributed by atoms with Gasteiger partial charge in [-0.05, 0) is 43.9 Å². The highest BCUT2D eigenvalue weighted by atomic mass is 35.5. The van der Waals surface area contributed by atoms with Gasteiger partial charge in [-0.3, -0.25) is 9.59 Å². The summed E-state index contributed by atoms with van der Waals surface area (Å²) in [5, 5.41) is 22.9. The highest BCUT2D eigenvalue weighted by Crippen LogP contribution is 2.24. The minimum atomic E-state index is -1.18. The van der Waals surface area contributed by atoms with E-state index in [-0.39, 0.29) is 24.6 Å². The molecule has 2 atom stereocenters. The van der Waals surface area contributed by atoms with Gasteiger partial charge in [-0.15, -0.1) is 0 Å². The fraction of sp³-hybridized carbons (Fsp3) is 0.421. The van der Waals surface area contributed by atoms with Gasteiger partial charge in [0.2, 0.25) is 0 Å². The Bertz CT molecular complexity index is 825. The number of hydrogen-bond donors (Lipinski definition) is 3. The second-order valence-corrected chi connectivity index (χ2v) is 7.50. The van der Waals surface area contributed by atoms with Crippen molar-refractivity contribution >= 4 is 41.0 Å². The van der Waals surface area contributed by atoms with Gasteiger partial charge >= 0.3 is 5.97 Å². The lowest BCUT2D eigenvalue weighted by Crippen LogP contribution is -2.43. The number of rotatable bonds is 8. The van der Waals surface area contributed by atoms with E-state index >= 15 is 0 Å². The minimum Gasteiger partial charge on any atom is -0.503 e. The molecule has 0 aromatic heterocycles. The van der Waals surface area contributed by atoms with Crippen LogP contribution < -0.4 is 5.32 Å². The van der Waals surface area contributed by atoms with E-state index in [2.05, 4.69) is 5.32 Å². The van der Waals surface area contributed by atoms with Gasteiger partial charge < -0.3 is 20.4 Å². The Balaban J connectivity index is 1.96. The van der Waals surface area contributed by atoms with Gasteiger partial charge in [-0.1, -0.05) is 36.2 Å². The molecular formula is C19H22Cl2N2O5. The number of hydrogen-bond acceptors (Lipinski definition) is 4. The number of nitrogens with one attached hydrogen (secondary N) is 1. The van der Waals surface area contributed by atoms with E-state index in [1.165, 1.54) is 0 Å². The first kappa shape index (κ1) is 22.0. The number of aliphatic hydroxyl groups excluding tert-OH is 1. The summed E-state index contributed by atoms with van der Waals surface area (Å²) in [5.74, 6) is -3.31. The number of carbonyl (C=O) groups excluding carboxylic acids is 2. The Morgan fingerprint density at radius 2 is 1.96 bits per heavy atom. The van der Waals surface area contributed by atoms with E-state index in [4.69, 9.17) is 23.2 Å². The van der Waals surface area contributed by atoms with Gasteiger partial charge in [0, 0.05) is 6.04 Å². The molecular weight excluding hydrogens is 407 g/mol. The van der Waals surface area contributed by atoms with Crippen molar-refractivity contribution in [3.8, 4) is 0 Å². The molecule has 1 aliphatic heterocycles. The Kier molecular flexibility index (Phi) is 7.32. The van der Waals surface area contributed by atoms with Crippen molar-refractivity contribution in [3.63, 3.8) is 0 Å². The maximum Gasteiger partial charge on any atom is 0.326 e. The van der Waals surface area contributed by atoms with Crippen LogP contribution in [0.2, 0.25) is 10.0 Å². The first-order chi connectivity index (χ1) is 13.1. The number of carbonyl (C=O) groups is 3. The number of aliphatic hydroxyl groups is 1. The summed E-state index contributed by atoms with van der Waals surface area (Å²) in [6.07, 6.45) is 1.41. The van der Waals surface area contributed by atoms with Crippen LogP contribution in [-0.2, 0) is 20.8 Å². The molecule has 1 aromatic carbocycles. The second kappa shape index (κ2) is 9.30. The Morgan fingerprint density at radius 3 is 2.54 bits per heavy atom.